The van der Waals surface area contributed by atoms with Crippen LogP contribution in [0.2, 0.25) is 0 Å². The van der Waals surface area contributed by atoms with Crippen molar-refractivity contribution in [2.45, 2.75) is 6.92 Å². The number of Topliss-reactive ketones (excluding diaryl/α,β-unsaturated/α-hetero) is 1. The van der Waals surface area contributed by atoms with Gasteiger partial charge in [-0.3, -0.25) is 4.79 Å². The molecular formula is C9H10N4O. The van der Waals surface area contributed by atoms with Gasteiger partial charge >= 0.3 is 0 Å². The number of hydrazone groups is 1. The number of carbonyl (C=O) groups excluding carboxylic acids is 1. The molecule has 1 aromatic rings. The molecule has 14 heavy (non-hydrogen) atoms. The van der Waals surface area contributed by atoms with Crippen molar-refractivity contribution in [3.63, 3.8) is 0 Å². The van der Waals surface area contributed by atoms with Gasteiger partial charge in [-0.05, 0) is 31.2 Å². The van der Waals surface area contributed by atoms with Gasteiger partial charge in [0.1, 0.15) is 6.34 Å². The van der Waals surface area contributed by atoms with Crippen LogP contribution in [0, 0.1) is 0 Å². The van der Waals surface area contributed by atoms with E-state index in [2.05, 4.69) is 16.2 Å². The van der Waals surface area contributed by atoms with Crippen molar-refractivity contribution in [2.24, 2.45) is 5.10 Å². The molecule has 1 aliphatic heterocycles. The predicted molar refractivity (Wildman–Crippen MR) is 53.7 cm³/mol. The van der Waals surface area contributed by atoms with Crippen LogP contribution >= 0.6 is 0 Å². The zero-order chi connectivity index (χ0) is 9.97. The van der Waals surface area contributed by atoms with Crippen molar-refractivity contribution in [1.82, 2.24) is 11.1 Å². The highest BCUT2D eigenvalue weighted by Gasteiger charge is 2.07. The number of carbonyl (C=O) groups is 1. The van der Waals surface area contributed by atoms with Crippen molar-refractivity contribution in [3.8, 4) is 0 Å². The lowest BCUT2D eigenvalue weighted by atomic mass is 10.1. The Balaban J connectivity index is 2.21. The monoisotopic (exact) mass is 190 g/mol. The number of hydrazine groups is 2. The Bertz CT molecular complexity index is 371. The molecule has 2 rings (SSSR count). The predicted octanol–water partition coefficient (Wildman–Crippen LogP) is 0.662. The number of ketones is 1. The molecule has 0 saturated carbocycles. The molecule has 0 saturated heterocycles. The van der Waals surface area contributed by atoms with Crippen molar-refractivity contribution in [2.75, 3.05) is 5.01 Å². The second-order valence-electron chi connectivity index (χ2n) is 2.94. The van der Waals surface area contributed by atoms with E-state index >= 15 is 0 Å². The van der Waals surface area contributed by atoms with E-state index in [0.717, 1.165) is 5.69 Å². The molecule has 0 spiro atoms. The molecular weight excluding hydrogens is 180 g/mol. The molecule has 0 aliphatic carbocycles. The third kappa shape index (κ3) is 1.57. The van der Waals surface area contributed by atoms with Gasteiger partial charge in [0.2, 0.25) is 0 Å². The molecule has 0 aromatic heterocycles. The number of rotatable bonds is 2. The maximum Gasteiger partial charge on any atom is 0.159 e. The van der Waals surface area contributed by atoms with Crippen LogP contribution in [0.5, 0.6) is 0 Å². The van der Waals surface area contributed by atoms with Crippen LogP contribution < -0.4 is 16.1 Å². The Hall–Kier alpha value is -1.88. The van der Waals surface area contributed by atoms with Crippen LogP contribution in [0.15, 0.2) is 29.4 Å². The van der Waals surface area contributed by atoms with Gasteiger partial charge in [0.25, 0.3) is 0 Å². The lowest BCUT2D eigenvalue weighted by Gasteiger charge is -2.13. The molecule has 5 heteroatoms. The van der Waals surface area contributed by atoms with Crippen molar-refractivity contribution in [3.05, 3.63) is 29.8 Å². The average Bonchev–Trinajstić information content (AvgIpc) is 2.71. The quantitative estimate of drug-likeness (QED) is 0.673. The Morgan fingerprint density at radius 1 is 1.36 bits per heavy atom. The number of nitrogens with one attached hydrogen (secondary N) is 2. The number of nitrogens with zero attached hydrogens (tertiary/aromatic N) is 2. The van der Waals surface area contributed by atoms with Gasteiger partial charge in [0.15, 0.2) is 5.78 Å². The molecule has 5 nitrogen and oxygen atoms in total. The summed E-state index contributed by atoms with van der Waals surface area (Å²) in [5.41, 5.74) is 7.01. The second kappa shape index (κ2) is 3.47. The highest BCUT2D eigenvalue weighted by molar-refractivity contribution is 5.94. The summed E-state index contributed by atoms with van der Waals surface area (Å²) in [6.45, 7) is 1.55. The normalized spacial score (nSPS) is 14.2. The molecule has 1 aromatic carbocycles. The van der Waals surface area contributed by atoms with E-state index in [9.17, 15) is 4.79 Å². The van der Waals surface area contributed by atoms with E-state index in [1.54, 1.807) is 30.4 Å². The van der Waals surface area contributed by atoms with Crippen LogP contribution in [0.1, 0.15) is 17.3 Å². The summed E-state index contributed by atoms with van der Waals surface area (Å²) < 4.78 is 0. The first kappa shape index (κ1) is 8.71. The van der Waals surface area contributed by atoms with Crippen molar-refractivity contribution >= 4 is 17.8 Å². The zero-order valence-electron chi connectivity index (χ0n) is 7.69. The first-order valence-electron chi connectivity index (χ1n) is 4.21. The summed E-state index contributed by atoms with van der Waals surface area (Å²) in [4.78, 5) is 11.0. The van der Waals surface area contributed by atoms with Crippen LogP contribution in [-0.2, 0) is 0 Å². The first-order chi connectivity index (χ1) is 6.77. The molecule has 72 valence electrons. The van der Waals surface area contributed by atoms with Gasteiger partial charge in [-0.15, -0.1) is 5.53 Å². The van der Waals surface area contributed by atoms with Crippen LogP contribution in [0.4, 0.5) is 5.69 Å². The summed E-state index contributed by atoms with van der Waals surface area (Å²) >= 11 is 0. The fraction of sp³-hybridized carbons (Fsp3) is 0.111. The molecule has 2 N–H and O–H groups in total. The largest absolute Gasteiger partial charge is 0.295 e. The Morgan fingerprint density at radius 2 is 2.07 bits per heavy atom. The van der Waals surface area contributed by atoms with E-state index in [1.807, 2.05) is 12.1 Å². The lowest BCUT2D eigenvalue weighted by molar-refractivity contribution is 0.101. The Kier molecular flexibility index (Phi) is 2.16. The van der Waals surface area contributed by atoms with Gasteiger partial charge < -0.3 is 0 Å². The maximum absolute atomic E-state index is 11.0. The van der Waals surface area contributed by atoms with Crippen LogP contribution in [0.25, 0.3) is 0 Å². The molecule has 0 radical (unpaired) electrons. The van der Waals surface area contributed by atoms with E-state index < -0.39 is 0 Å². The molecule has 1 heterocycles. The maximum atomic E-state index is 11.0. The molecule has 0 bridgehead atoms. The average molecular weight is 190 g/mol. The van der Waals surface area contributed by atoms with Gasteiger partial charge in [0, 0.05) is 5.56 Å². The van der Waals surface area contributed by atoms with E-state index in [4.69, 9.17) is 0 Å². The van der Waals surface area contributed by atoms with Crippen LogP contribution in [0.3, 0.4) is 0 Å². The molecule has 1 aliphatic rings. The first-order valence-corrected chi connectivity index (χ1v) is 4.21. The summed E-state index contributed by atoms with van der Waals surface area (Å²) in [7, 11) is 0. The second-order valence-corrected chi connectivity index (χ2v) is 2.94. The molecule has 0 atom stereocenters. The summed E-state index contributed by atoms with van der Waals surface area (Å²) in [5.74, 6) is 0.0673. The highest BCUT2D eigenvalue weighted by Crippen LogP contribution is 2.13. The Morgan fingerprint density at radius 3 is 2.57 bits per heavy atom. The van der Waals surface area contributed by atoms with E-state index in [1.165, 1.54) is 0 Å². The minimum atomic E-state index is 0.0673. The highest BCUT2D eigenvalue weighted by atomic mass is 16.1. The number of hydrogen-bond acceptors (Lipinski definition) is 5. The number of hydrogen-bond donors (Lipinski definition) is 2. The van der Waals surface area contributed by atoms with Gasteiger partial charge in [-0.1, -0.05) is 0 Å². The fourth-order valence-corrected chi connectivity index (χ4v) is 1.19. The summed E-state index contributed by atoms with van der Waals surface area (Å²) in [6, 6.07) is 7.27. The molecule has 0 amide bonds. The van der Waals surface area contributed by atoms with Crippen LogP contribution in [-0.4, -0.2) is 12.1 Å². The van der Waals surface area contributed by atoms with Gasteiger partial charge in [-0.2, -0.15) is 5.10 Å². The third-order valence-corrected chi connectivity index (χ3v) is 1.96. The van der Waals surface area contributed by atoms with E-state index in [-0.39, 0.29) is 5.78 Å². The third-order valence-electron chi connectivity index (χ3n) is 1.96. The number of anilines is 1. The van der Waals surface area contributed by atoms with Crippen molar-refractivity contribution in [1.29, 1.82) is 0 Å². The van der Waals surface area contributed by atoms with Gasteiger partial charge in [-0.25, -0.2) is 10.5 Å². The standard InChI is InChI=1S/C9H10N4O/c1-7(14)8-2-4-9(5-3-8)13-6-10-11-12-13/h2-6,11-12H,1H3. The SMILES string of the molecule is CC(=O)c1ccc(N2C=NNN2)cc1. The minimum Gasteiger partial charge on any atom is -0.295 e. The van der Waals surface area contributed by atoms with E-state index in [0.29, 0.717) is 5.56 Å². The van der Waals surface area contributed by atoms with Crippen molar-refractivity contribution < 1.29 is 4.79 Å². The molecule has 0 unspecified atom stereocenters. The summed E-state index contributed by atoms with van der Waals surface area (Å²) in [5, 5.41) is 5.48. The zero-order valence-corrected chi connectivity index (χ0v) is 7.69. The lowest BCUT2D eigenvalue weighted by Crippen LogP contribution is -2.37. The topological polar surface area (TPSA) is 56.7 Å². The minimum absolute atomic E-state index is 0.0673. The number of benzene rings is 1. The Labute approximate surface area is 81.3 Å². The smallest absolute Gasteiger partial charge is 0.159 e. The fourth-order valence-electron chi connectivity index (χ4n) is 1.19. The summed E-state index contributed by atoms with van der Waals surface area (Å²) in [6.07, 6.45) is 1.61. The van der Waals surface area contributed by atoms with Gasteiger partial charge in [0.05, 0.1) is 5.69 Å². The molecule has 0 fully saturated rings.